The summed E-state index contributed by atoms with van der Waals surface area (Å²) in [5, 5.41) is 3.55. The number of nitrogen functional groups attached to an aromatic ring is 1. The molecule has 2 heterocycles. The molecule has 1 unspecified atom stereocenters. The fraction of sp³-hybridized carbons (Fsp3) is 0.357. The summed E-state index contributed by atoms with van der Waals surface area (Å²) in [6.07, 6.45) is 0.677. The number of hydrogen-bond acceptors (Lipinski definition) is 7. The largest absolute Gasteiger partial charge is 0.497 e. The van der Waals surface area contributed by atoms with Gasteiger partial charge in [-0.3, -0.25) is 9.69 Å². The lowest BCUT2D eigenvalue weighted by molar-refractivity contribution is 0.00690. The number of thiophene rings is 1. The van der Waals surface area contributed by atoms with Crippen LogP contribution < -0.4 is 15.8 Å². The lowest BCUT2D eigenvalue weighted by Crippen LogP contribution is -2.41. The summed E-state index contributed by atoms with van der Waals surface area (Å²) in [4.78, 5) is 29.2. The molecule has 8 heteroatoms. The number of hydrogen-bond donors (Lipinski definition) is 2. The zero-order valence-corrected chi connectivity index (χ0v) is 22.0. The van der Waals surface area contributed by atoms with Gasteiger partial charge in [0.1, 0.15) is 16.4 Å². The molecule has 36 heavy (non-hydrogen) atoms. The Morgan fingerprint density at radius 3 is 2.44 bits per heavy atom. The Hall–Kier alpha value is -3.36. The number of anilines is 1. The van der Waals surface area contributed by atoms with E-state index in [9.17, 15) is 9.59 Å². The molecule has 1 atom stereocenters. The number of fused-ring (bicyclic) bond motifs is 1. The summed E-state index contributed by atoms with van der Waals surface area (Å²) < 4.78 is 10.9. The van der Waals surface area contributed by atoms with Gasteiger partial charge in [0.05, 0.1) is 18.7 Å². The zero-order chi connectivity index (χ0) is 25.9. The van der Waals surface area contributed by atoms with Crippen LogP contribution in [0.1, 0.15) is 63.5 Å². The molecule has 0 saturated carbocycles. The van der Waals surface area contributed by atoms with E-state index in [1.165, 1.54) is 11.3 Å². The predicted octanol–water partition coefficient (Wildman–Crippen LogP) is 4.82. The first kappa shape index (κ1) is 25.7. The highest BCUT2D eigenvalue weighted by molar-refractivity contribution is 7.16. The second kappa shape index (κ2) is 10.7. The van der Waals surface area contributed by atoms with E-state index < -0.39 is 11.6 Å². The third kappa shape index (κ3) is 5.88. The van der Waals surface area contributed by atoms with Crippen molar-refractivity contribution in [3.8, 4) is 5.75 Å². The van der Waals surface area contributed by atoms with E-state index in [0.29, 0.717) is 35.6 Å². The number of ether oxygens (including phenoxy) is 2. The van der Waals surface area contributed by atoms with E-state index in [1.807, 2.05) is 63.2 Å². The summed E-state index contributed by atoms with van der Waals surface area (Å²) in [6, 6.07) is 17.0. The van der Waals surface area contributed by atoms with Crippen molar-refractivity contribution in [3.05, 3.63) is 81.7 Å². The first-order chi connectivity index (χ1) is 17.2. The standard InChI is InChI=1S/C28H33N3O4S/c1-28(2,3)35-27(33)23-21-14-15-31(17-18-10-12-20(34-4)13-11-18)22(24(21)36-25(23)29)16-30-26(32)19-8-6-5-7-9-19/h5-13,22H,14-17,29H2,1-4H3,(H,30,32). The maximum atomic E-state index is 13.0. The molecular formula is C28H33N3O4S. The van der Waals surface area contributed by atoms with E-state index in [2.05, 4.69) is 10.2 Å². The van der Waals surface area contributed by atoms with E-state index in [4.69, 9.17) is 15.2 Å². The molecule has 0 aliphatic carbocycles. The van der Waals surface area contributed by atoms with Gasteiger partial charge in [-0.15, -0.1) is 11.3 Å². The van der Waals surface area contributed by atoms with Gasteiger partial charge in [0.25, 0.3) is 5.91 Å². The highest BCUT2D eigenvalue weighted by Gasteiger charge is 2.35. The van der Waals surface area contributed by atoms with Gasteiger partial charge in [-0.25, -0.2) is 4.79 Å². The molecule has 0 fully saturated rings. The number of nitrogens with two attached hydrogens (primary N) is 1. The van der Waals surface area contributed by atoms with E-state index in [-0.39, 0.29) is 11.9 Å². The van der Waals surface area contributed by atoms with Crippen LogP contribution in [0.4, 0.5) is 5.00 Å². The molecule has 0 bridgehead atoms. The average Bonchev–Trinajstić information content (AvgIpc) is 3.19. The van der Waals surface area contributed by atoms with Gasteiger partial charge < -0.3 is 20.5 Å². The van der Waals surface area contributed by atoms with Crippen molar-refractivity contribution in [1.29, 1.82) is 0 Å². The molecule has 1 aliphatic rings. The van der Waals surface area contributed by atoms with Crippen LogP contribution in [-0.2, 0) is 17.7 Å². The van der Waals surface area contributed by atoms with Crippen molar-refractivity contribution in [2.75, 3.05) is 25.9 Å². The highest BCUT2D eigenvalue weighted by Crippen LogP contribution is 2.42. The van der Waals surface area contributed by atoms with Gasteiger partial charge in [-0.2, -0.15) is 0 Å². The molecule has 1 aromatic heterocycles. The first-order valence-electron chi connectivity index (χ1n) is 12.0. The lowest BCUT2D eigenvalue weighted by atomic mass is 9.96. The second-order valence-corrected chi connectivity index (χ2v) is 10.9. The fourth-order valence-electron chi connectivity index (χ4n) is 4.41. The molecule has 0 spiro atoms. The Morgan fingerprint density at radius 1 is 1.11 bits per heavy atom. The van der Waals surface area contributed by atoms with Crippen molar-refractivity contribution >= 4 is 28.2 Å². The minimum absolute atomic E-state index is 0.132. The molecule has 190 valence electrons. The lowest BCUT2D eigenvalue weighted by Gasteiger charge is -2.36. The maximum absolute atomic E-state index is 13.0. The number of rotatable bonds is 7. The van der Waals surface area contributed by atoms with Crippen LogP contribution in [0.5, 0.6) is 5.75 Å². The van der Waals surface area contributed by atoms with Crippen molar-refractivity contribution in [2.45, 2.75) is 45.4 Å². The Balaban J connectivity index is 1.63. The van der Waals surface area contributed by atoms with Gasteiger partial charge in [-0.1, -0.05) is 30.3 Å². The van der Waals surface area contributed by atoms with Gasteiger partial charge in [-0.05, 0) is 62.6 Å². The molecule has 7 nitrogen and oxygen atoms in total. The molecule has 2 aromatic carbocycles. The minimum Gasteiger partial charge on any atom is -0.497 e. The Labute approximate surface area is 216 Å². The molecule has 1 aliphatic heterocycles. The van der Waals surface area contributed by atoms with Crippen molar-refractivity contribution in [1.82, 2.24) is 10.2 Å². The summed E-state index contributed by atoms with van der Waals surface area (Å²) in [6.45, 7) is 7.34. The number of nitrogens with zero attached hydrogens (tertiary/aromatic N) is 1. The van der Waals surface area contributed by atoms with Crippen LogP contribution in [0.2, 0.25) is 0 Å². The molecule has 1 amide bonds. The minimum atomic E-state index is -0.615. The van der Waals surface area contributed by atoms with Crippen LogP contribution in [0.15, 0.2) is 54.6 Å². The second-order valence-electron chi connectivity index (χ2n) is 9.85. The van der Waals surface area contributed by atoms with Crippen LogP contribution in [0.3, 0.4) is 0 Å². The smallest absolute Gasteiger partial charge is 0.341 e. The highest BCUT2D eigenvalue weighted by atomic mass is 32.1. The summed E-state index contributed by atoms with van der Waals surface area (Å²) >= 11 is 1.41. The number of carbonyl (C=O) groups is 2. The maximum Gasteiger partial charge on any atom is 0.341 e. The van der Waals surface area contributed by atoms with Crippen LogP contribution >= 0.6 is 11.3 Å². The third-order valence-corrected chi connectivity index (χ3v) is 7.26. The molecular weight excluding hydrogens is 474 g/mol. The quantitative estimate of drug-likeness (QED) is 0.445. The van der Waals surface area contributed by atoms with Crippen LogP contribution in [0.25, 0.3) is 0 Å². The van der Waals surface area contributed by atoms with Crippen molar-refractivity contribution in [3.63, 3.8) is 0 Å². The summed E-state index contributed by atoms with van der Waals surface area (Å²) in [5.74, 6) is 0.275. The van der Waals surface area contributed by atoms with Crippen LogP contribution in [0, 0.1) is 0 Å². The molecule has 0 saturated heterocycles. The van der Waals surface area contributed by atoms with Gasteiger partial charge >= 0.3 is 5.97 Å². The monoisotopic (exact) mass is 507 g/mol. The SMILES string of the molecule is COc1ccc(CN2CCc3c(sc(N)c3C(=O)OC(C)(C)C)C2CNC(=O)c2ccccc2)cc1. The predicted molar refractivity (Wildman–Crippen MR) is 143 cm³/mol. The summed E-state index contributed by atoms with van der Waals surface area (Å²) in [7, 11) is 1.65. The molecule has 0 radical (unpaired) electrons. The molecule has 4 rings (SSSR count). The van der Waals surface area contributed by atoms with Crippen molar-refractivity contribution in [2.24, 2.45) is 0 Å². The van der Waals surface area contributed by atoms with Gasteiger partial charge in [0, 0.05) is 30.1 Å². The first-order valence-corrected chi connectivity index (χ1v) is 12.8. The fourth-order valence-corrected chi connectivity index (χ4v) is 5.65. The third-order valence-electron chi connectivity index (χ3n) is 6.10. The Morgan fingerprint density at radius 2 is 1.81 bits per heavy atom. The number of carbonyl (C=O) groups excluding carboxylic acids is 2. The number of benzene rings is 2. The van der Waals surface area contributed by atoms with Crippen LogP contribution in [-0.4, -0.2) is 42.6 Å². The topological polar surface area (TPSA) is 93.9 Å². The van der Waals surface area contributed by atoms with Gasteiger partial charge in [0.2, 0.25) is 0 Å². The summed E-state index contributed by atoms with van der Waals surface area (Å²) in [5.41, 5.74) is 8.90. The normalized spacial score (nSPS) is 15.7. The number of nitrogens with one attached hydrogen (secondary N) is 1. The molecule has 3 aromatic rings. The number of esters is 1. The average molecular weight is 508 g/mol. The van der Waals surface area contributed by atoms with E-state index in [0.717, 1.165) is 28.3 Å². The zero-order valence-electron chi connectivity index (χ0n) is 21.2. The number of methoxy groups -OCH3 is 1. The molecule has 3 N–H and O–H groups in total. The Kier molecular flexibility index (Phi) is 7.66. The number of amides is 1. The van der Waals surface area contributed by atoms with Gasteiger partial charge in [0.15, 0.2) is 0 Å². The van der Waals surface area contributed by atoms with E-state index >= 15 is 0 Å². The van der Waals surface area contributed by atoms with Crippen molar-refractivity contribution < 1.29 is 19.1 Å². The Bertz CT molecular complexity index is 1220. The van der Waals surface area contributed by atoms with E-state index in [1.54, 1.807) is 19.2 Å².